The molecule has 0 unspecified atom stereocenters. The maximum absolute atomic E-state index is 12.4. The molecule has 2 aliphatic heterocycles. The molecule has 0 radical (unpaired) electrons. The van der Waals surface area contributed by atoms with Crippen molar-refractivity contribution >= 4 is 5.91 Å². The molecule has 1 aromatic carbocycles. The van der Waals surface area contributed by atoms with Gasteiger partial charge in [0, 0.05) is 13.1 Å². The smallest absolute Gasteiger partial charge is 0.260 e. The Labute approximate surface area is 157 Å². The van der Waals surface area contributed by atoms with Crippen LogP contribution in [0.15, 0.2) is 24.3 Å². The monoisotopic (exact) mass is 360 g/mol. The van der Waals surface area contributed by atoms with Crippen molar-refractivity contribution in [2.24, 2.45) is 5.92 Å². The van der Waals surface area contributed by atoms with Crippen LogP contribution in [0.3, 0.4) is 0 Å². The largest absolute Gasteiger partial charge is 0.497 e. The Balaban J connectivity index is 1.33. The van der Waals surface area contributed by atoms with E-state index < -0.39 is 0 Å². The number of hydrogen-bond donors (Lipinski definition) is 0. The van der Waals surface area contributed by atoms with Gasteiger partial charge in [0.05, 0.1) is 7.11 Å². The van der Waals surface area contributed by atoms with Crippen LogP contribution in [-0.2, 0) is 4.79 Å². The molecule has 0 N–H and O–H groups in total. The Bertz CT molecular complexity index is 547. The first kappa shape index (κ1) is 19.0. The topological polar surface area (TPSA) is 42.0 Å². The highest BCUT2D eigenvalue weighted by atomic mass is 16.5. The van der Waals surface area contributed by atoms with Gasteiger partial charge in [-0.25, -0.2) is 0 Å². The van der Waals surface area contributed by atoms with E-state index in [2.05, 4.69) is 4.90 Å². The first-order valence-electron chi connectivity index (χ1n) is 10.0. The summed E-state index contributed by atoms with van der Waals surface area (Å²) in [5, 5.41) is 0. The number of likely N-dealkylation sites (tertiary alicyclic amines) is 2. The van der Waals surface area contributed by atoms with E-state index in [9.17, 15) is 4.79 Å². The number of carbonyl (C=O) groups excluding carboxylic acids is 1. The quantitative estimate of drug-likeness (QED) is 0.749. The molecule has 144 valence electrons. The zero-order valence-electron chi connectivity index (χ0n) is 16.0. The Morgan fingerprint density at radius 3 is 2.31 bits per heavy atom. The zero-order chi connectivity index (χ0) is 18.2. The van der Waals surface area contributed by atoms with E-state index in [1.807, 2.05) is 29.2 Å². The first-order chi connectivity index (χ1) is 12.7. The molecular weight excluding hydrogens is 328 g/mol. The Morgan fingerprint density at radius 1 is 1.00 bits per heavy atom. The number of amides is 1. The van der Waals surface area contributed by atoms with Crippen LogP contribution in [0, 0.1) is 5.92 Å². The van der Waals surface area contributed by atoms with Gasteiger partial charge in [0.1, 0.15) is 11.5 Å². The van der Waals surface area contributed by atoms with Gasteiger partial charge in [-0.05, 0) is 81.9 Å². The molecule has 5 nitrogen and oxygen atoms in total. The summed E-state index contributed by atoms with van der Waals surface area (Å²) in [6.07, 6.45) is 7.66. The molecule has 3 rings (SSSR count). The number of piperidine rings is 2. The third-order valence-corrected chi connectivity index (χ3v) is 5.69. The van der Waals surface area contributed by atoms with Crippen molar-refractivity contribution in [3.63, 3.8) is 0 Å². The van der Waals surface area contributed by atoms with Crippen molar-refractivity contribution in [3.05, 3.63) is 24.3 Å². The van der Waals surface area contributed by atoms with Gasteiger partial charge in [0.25, 0.3) is 5.91 Å². The fourth-order valence-corrected chi connectivity index (χ4v) is 3.93. The van der Waals surface area contributed by atoms with Crippen LogP contribution in [0.5, 0.6) is 11.5 Å². The van der Waals surface area contributed by atoms with Crippen molar-refractivity contribution < 1.29 is 14.3 Å². The maximum Gasteiger partial charge on any atom is 0.260 e. The highest BCUT2D eigenvalue weighted by Gasteiger charge is 2.23. The highest BCUT2D eigenvalue weighted by molar-refractivity contribution is 5.77. The summed E-state index contributed by atoms with van der Waals surface area (Å²) in [4.78, 5) is 16.9. The maximum atomic E-state index is 12.4. The molecule has 5 heteroatoms. The van der Waals surface area contributed by atoms with Gasteiger partial charge in [0.2, 0.25) is 0 Å². The number of methoxy groups -OCH3 is 1. The van der Waals surface area contributed by atoms with Gasteiger partial charge in [-0.3, -0.25) is 4.79 Å². The first-order valence-corrected chi connectivity index (χ1v) is 10.0. The molecular formula is C21H32N2O3. The van der Waals surface area contributed by atoms with Gasteiger partial charge in [0.15, 0.2) is 6.61 Å². The van der Waals surface area contributed by atoms with Gasteiger partial charge < -0.3 is 19.3 Å². The van der Waals surface area contributed by atoms with Crippen LogP contribution in [0.2, 0.25) is 0 Å². The number of carbonyl (C=O) groups is 1. The fourth-order valence-electron chi connectivity index (χ4n) is 3.93. The number of benzene rings is 1. The number of rotatable bonds is 7. The second-order valence-corrected chi connectivity index (χ2v) is 7.48. The van der Waals surface area contributed by atoms with E-state index in [4.69, 9.17) is 9.47 Å². The lowest BCUT2D eigenvalue weighted by Crippen LogP contribution is -2.41. The minimum absolute atomic E-state index is 0.0929. The SMILES string of the molecule is COc1ccc(OCC(=O)N2CCC(CCN3CCCCC3)CC2)cc1. The average molecular weight is 360 g/mol. The van der Waals surface area contributed by atoms with Crippen molar-refractivity contribution in [1.82, 2.24) is 9.80 Å². The summed E-state index contributed by atoms with van der Waals surface area (Å²) in [5.74, 6) is 2.35. The molecule has 0 bridgehead atoms. The van der Waals surface area contributed by atoms with E-state index in [1.165, 1.54) is 45.3 Å². The van der Waals surface area contributed by atoms with Gasteiger partial charge in [-0.1, -0.05) is 6.42 Å². The molecule has 2 saturated heterocycles. The summed E-state index contributed by atoms with van der Waals surface area (Å²) in [6.45, 7) is 5.65. The molecule has 0 aromatic heterocycles. The third kappa shape index (κ3) is 5.63. The molecule has 0 aliphatic carbocycles. The molecule has 2 aliphatic rings. The van der Waals surface area contributed by atoms with Crippen molar-refractivity contribution in [2.75, 3.05) is 46.4 Å². The summed E-state index contributed by atoms with van der Waals surface area (Å²) in [7, 11) is 1.63. The van der Waals surface area contributed by atoms with Crippen molar-refractivity contribution in [3.8, 4) is 11.5 Å². The van der Waals surface area contributed by atoms with E-state index in [-0.39, 0.29) is 12.5 Å². The third-order valence-electron chi connectivity index (χ3n) is 5.69. The average Bonchev–Trinajstić information content (AvgIpc) is 2.72. The van der Waals surface area contributed by atoms with Gasteiger partial charge >= 0.3 is 0 Å². The van der Waals surface area contributed by atoms with Crippen LogP contribution >= 0.6 is 0 Å². The highest BCUT2D eigenvalue weighted by Crippen LogP contribution is 2.22. The molecule has 2 heterocycles. The number of nitrogens with zero attached hydrogens (tertiary/aromatic N) is 2. The van der Waals surface area contributed by atoms with Gasteiger partial charge in [-0.2, -0.15) is 0 Å². The summed E-state index contributed by atoms with van der Waals surface area (Å²) in [6, 6.07) is 7.35. The van der Waals surface area contributed by atoms with Crippen LogP contribution in [0.1, 0.15) is 38.5 Å². The lowest BCUT2D eigenvalue weighted by atomic mass is 9.93. The normalized spacial score (nSPS) is 19.3. The Hall–Kier alpha value is -1.75. The number of ether oxygens (including phenoxy) is 2. The molecule has 0 spiro atoms. The second kappa shape index (κ2) is 9.81. The summed E-state index contributed by atoms with van der Waals surface area (Å²) < 4.78 is 10.7. The van der Waals surface area contributed by atoms with E-state index >= 15 is 0 Å². The van der Waals surface area contributed by atoms with E-state index in [0.717, 1.165) is 37.6 Å². The minimum Gasteiger partial charge on any atom is -0.497 e. The minimum atomic E-state index is 0.0929. The van der Waals surface area contributed by atoms with Gasteiger partial charge in [-0.15, -0.1) is 0 Å². The van der Waals surface area contributed by atoms with Crippen LogP contribution < -0.4 is 9.47 Å². The standard InChI is InChI=1S/C21H32N2O3/c1-25-19-5-7-20(8-6-19)26-17-21(24)23-15-10-18(11-16-23)9-14-22-12-3-2-4-13-22/h5-8,18H,2-4,9-17H2,1H3. The van der Waals surface area contributed by atoms with E-state index in [1.54, 1.807) is 7.11 Å². The second-order valence-electron chi connectivity index (χ2n) is 7.48. The molecule has 1 amide bonds. The summed E-state index contributed by atoms with van der Waals surface area (Å²) in [5.41, 5.74) is 0. The van der Waals surface area contributed by atoms with Crippen LogP contribution in [0.4, 0.5) is 0 Å². The zero-order valence-corrected chi connectivity index (χ0v) is 16.0. The van der Waals surface area contributed by atoms with Crippen LogP contribution in [0.25, 0.3) is 0 Å². The number of hydrogen-bond acceptors (Lipinski definition) is 4. The molecule has 0 saturated carbocycles. The predicted octanol–water partition coefficient (Wildman–Crippen LogP) is 3.19. The van der Waals surface area contributed by atoms with Crippen molar-refractivity contribution in [2.45, 2.75) is 38.5 Å². The molecule has 0 atom stereocenters. The molecule has 1 aromatic rings. The van der Waals surface area contributed by atoms with Crippen molar-refractivity contribution in [1.29, 1.82) is 0 Å². The lowest BCUT2D eigenvalue weighted by Gasteiger charge is -2.34. The Kier molecular flexibility index (Phi) is 7.18. The Morgan fingerprint density at radius 2 is 1.65 bits per heavy atom. The lowest BCUT2D eigenvalue weighted by molar-refractivity contribution is -0.134. The molecule has 2 fully saturated rings. The van der Waals surface area contributed by atoms with E-state index in [0.29, 0.717) is 5.75 Å². The fraction of sp³-hybridized carbons (Fsp3) is 0.667. The van der Waals surface area contributed by atoms with Crippen LogP contribution in [-0.4, -0.2) is 62.1 Å². The predicted molar refractivity (Wildman–Crippen MR) is 103 cm³/mol. The molecule has 26 heavy (non-hydrogen) atoms. The summed E-state index contributed by atoms with van der Waals surface area (Å²) >= 11 is 0.